The highest BCUT2D eigenvalue weighted by molar-refractivity contribution is 9.10. The maximum absolute atomic E-state index is 13.8. The van der Waals surface area contributed by atoms with Gasteiger partial charge < -0.3 is 5.32 Å². The van der Waals surface area contributed by atoms with E-state index >= 15 is 0 Å². The SMILES string of the molecule is CCC(NC)C(C)Cc1c(F)ccc(Br)c1F. The van der Waals surface area contributed by atoms with Crippen LogP contribution in [0, 0.1) is 17.6 Å². The summed E-state index contributed by atoms with van der Waals surface area (Å²) in [5.41, 5.74) is 0.167. The second-order valence-corrected chi connectivity index (χ2v) is 5.16. The van der Waals surface area contributed by atoms with Crippen molar-refractivity contribution in [2.45, 2.75) is 32.7 Å². The van der Waals surface area contributed by atoms with Crippen molar-refractivity contribution in [1.82, 2.24) is 5.32 Å². The lowest BCUT2D eigenvalue weighted by Gasteiger charge is -2.22. The molecule has 0 amide bonds. The quantitative estimate of drug-likeness (QED) is 0.814. The van der Waals surface area contributed by atoms with E-state index in [9.17, 15) is 8.78 Å². The molecule has 0 radical (unpaired) electrons. The van der Waals surface area contributed by atoms with E-state index in [0.29, 0.717) is 10.9 Å². The van der Waals surface area contributed by atoms with Crippen LogP contribution in [-0.2, 0) is 6.42 Å². The van der Waals surface area contributed by atoms with Gasteiger partial charge in [0.2, 0.25) is 0 Å². The zero-order valence-corrected chi connectivity index (χ0v) is 11.9. The van der Waals surface area contributed by atoms with Crippen molar-refractivity contribution in [2.24, 2.45) is 5.92 Å². The van der Waals surface area contributed by atoms with Crippen LogP contribution in [0.1, 0.15) is 25.8 Å². The first kappa shape index (κ1) is 14.6. The summed E-state index contributed by atoms with van der Waals surface area (Å²) in [4.78, 5) is 0. The highest BCUT2D eigenvalue weighted by atomic mass is 79.9. The number of nitrogens with one attached hydrogen (secondary N) is 1. The summed E-state index contributed by atoms with van der Waals surface area (Å²) in [6, 6.07) is 2.97. The molecule has 17 heavy (non-hydrogen) atoms. The summed E-state index contributed by atoms with van der Waals surface area (Å²) in [6.45, 7) is 4.07. The van der Waals surface area contributed by atoms with Crippen molar-refractivity contribution < 1.29 is 8.78 Å². The van der Waals surface area contributed by atoms with E-state index in [-0.39, 0.29) is 17.5 Å². The van der Waals surface area contributed by atoms with Gasteiger partial charge in [-0.05, 0) is 53.9 Å². The maximum Gasteiger partial charge on any atom is 0.143 e. The van der Waals surface area contributed by atoms with Gasteiger partial charge >= 0.3 is 0 Å². The van der Waals surface area contributed by atoms with E-state index in [2.05, 4.69) is 28.2 Å². The van der Waals surface area contributed by atoms with E-state index in [1.807, 2.05) is 14.0 Å². The van der Waals surface area contributed by atoms with Crippen LogP contribution in [0.4, 0.5) is 8.78 Å². The molecule has 96 valence electrons. The summed E-state index contributed by atoms with van der Waals surface area (Å²) < 4.78 is 27.7. The van der Waals surface area contributed by atoms with Gasteiger partial charge in [-0.25, -0.2) is 8.78 Å². The predicted molar refractivity (Wildman–Crippen MR) is 70.1 cm³/mol. The molecule has 0 aromatic heterocycles. The monoisotopic (exact) mass is 305 g/mol. The highest BCUT2D eigenvalue weighted by Gasteiger charge is 2.19. The van der Waals surface area contributed by atoms with E-state index in [0.717, 1.165) is 6.42 Å². The first-order valence-electron chi connectivity index (χ1n) is 5.80. The van der Waals surface area contributed by atoms with Gasteiger partial charge in [0.15, 0.2) is 0 Å². The third kappa shape index (κ3) is 3.49. The Hall–Kier alpha value is -0.480. The average Bonchev–Trinajstić information content (AvgIpc) is 2.31. The Balaban J connectivity index is 2.91. The van der Waals surface area contributed by atoms with E-state index in [1.54, 1.807) is 0 Å². The summed E-state index contributed by atoms with van der Waals surface area (Å²) in [7, 11) is 1.87. The largest absolute Gasteiger partial charge is 0.317 e. The molecule has 1 aromatic rings. The van der Waals surface area contributed by atoms with Gasteiger partial charge in [0.05, 0.1) is 4.47 Å². The first-order chi connectivity index (χ1) is 8.01. The van der Waals surface area contributed by atoms with E-state index in [1.165, 1.54) is 12.1 Å². The Morgan fingerprint density at radius 3 is 2.53 bits per heavy atom. The van der Waals surface area contributed by atoms with Crippen LogP contribution in [-0.4, -0.2) is 13.1 Å². The molecule has 1 aromatic carbocycles. The molecule has 0 aliphatic carbocycles. The third-order valence-electron chi connectivity index (χ3n) is 3.16. The Bertz CT molecular complexity index is 378. The minimum absolute atomic E-state index is 0.167. The van der Waals surface area contributed by atoms with Gasteiger partial charge in [0.25, 0.3) is 0 Å². The molecule has 0 spiro atoms. The summed E-state index contributed by atoms with van der Waals surface area (Å²) in [5, 5.41) is 3.17. The Kier molecular flexibility index (Phi) is 5.53. The second kappa shape index (κ2) is 6.45. The van der Waals surface area contributed by atoms with Gasteiger partial charge in [0, 0.05) is 11.6 Å². The number of hydrogen-bond donors (Lipinski definition) is 1. The highest BCUT2D eigenvalue weighted by Crippen LogP contribution is 2.25. The number of rotatable bonds is 5. The maximum atomic E-state index is 13.8. The zero-order chi connectivity index (χ0) is 13.0. The van der Waals surface area contributed by atoms with Crippen molar-refractivity contribution >= 4 is 15.9 Å². The van der Waals surface area contributed by atoms with Crippen LogP contribution in [0.5, 0.6) is 0 Å². The molecule has 0 fully saturated rings. The van der Waals surface area contributed by atoms with Crippen molar-refractivity contribution in [3.05, 3.63) is 33.8 Å². The lowest BCUT2D eigenvalue weighted by atomic mass is 9.92. The normalized spacial score (nSPS) is 14.7. The molecular weight excluding hydrogens is 288 g/mol. The average molecular weight is 306 g/mol. The molecular formula is C13H18BrF2N. The molecule has 0 bridgehead atoms. The van der Waals surface area contributed by atoms with Gasteiger partial charge in [-0.1, -0.05) is 13.8 Å². The standard InChI is InChI=1S/C13H18BrF2N/c1-4-12(17-3)8(2)7-9-11(15)6-5-10(14)13(9)16/h5-6,8,12,17H,4,7H2,1-3H3. The van der Waals surface area contributed by atoms with Gasteiger partial charge in [-0.2, -0.15) is 0 Å². The van der Waals surface area contributed by atoms with Crippen molar-refractivity contribution in [2.75, 3.05) is 7.05 Å². The second-order valence-electron chi connectivity index (χ2n) is 4.31. The fourth-order valence-corrected chi connectivity index (χ4v) is 2.48. The molecule has 0 aliphatic heterocycles. The Labute approximate surface area is 110 Å². The topological polar surface area (TPSA) is 12.0 Å². The molecule has 1 N–H and O–H groups in total. The molecule has 4 heteroatoms. The minimum atomic E-state index is -0.484. The molecule has 0 saturated carbocycles. The van der Waals surface area contributed by atoms with Crippen LogP contribution < -0.4 is 5.32 Å². The molecule has 0 saturated heterocycles. The fraction of sp³-hybridized carbons (Fsp3) is 0.538. The summed E-state index contributed by atoms with van der Waals surface area (Å²) in [6.07, 6.45) is 1.34. The van der Waals surface area contributed by atoms with E-state index < -0.39 is 11.6 Å². The number of halogens is 3. The molecule has 0 aliphatic rings. The summed E-state index contributed by atoms with van der Waals surface area (Å²) >= 11 is 3.08. The number of hydrogen-bond acceptors (Lipinski definition) is 1. The Morgan fingerprint density at radius 2 is 2.00 bits per heavy atom. The van der Waals surface area contributed by atoms with E-state index in [4.69, 9.17) is 0 Å². The smallest absolute Gasteiger partial charge is 0.143 e. The van der Waals surface area contributed by atoms with Crippen LogP contribution in [0.15, 0.2) is 16.6 Å². The van der Waals surface area contributed by atoms with Gasteiger partial charge in [0.1, 0.15) is 11.6 Å². The molecule has 0 heterocycles. The molecule has 1 rings (SSSR count). The van der Waals surface area contributed by atoms with Gasteiger partial charge in [-0.15, -0.1) is 0 Å². The first-order valence-corrected chi connectivity index (χ1v) is 6.60. The predicted octanol–water partition coefficient (Wildman–Crippen LogP) is 3.90. The number of benzene rings is 1. The van der Waals surface area contributed by atoms with Crippen LogP contribution in [0.3, 0.4) is 0 Å². The lowest BCUT2D eigenvalue weighted by Crippen LogP contribution is -2.32. The van der Waals surface area contributed by atoms with Crippen LogP contribution >= 0.6 is 15.9 Å². The zero-order valence-electron chi connectivity index (χ0n) is 10.4. The molecule has 2 unspecified atom stereocenters. The molecule has 2 atom stereocenters. The van der Waals surface area contributed by atoms with Crippen LogP contribution in [0.25, 0.3) is 0 Å². The lowest BCUT2D eigenvalue weighted by molar-refractivity contribution is 0.376. The van der Waals surface area contributed by atoms with Gasteiger partial charge in [-0.3, -0.25) is 0 Å². The Morgan fingerprint density at radius 1 is 1.35 bits per heavy atom. The third-order valence-corrected chi connectivity index (χ3v) is 3.77. The van der Waals surface area contributed by atoms with Crippen molar-refractivity contribution in [3.8, 4) is 0 Å². The molecule has 1 nitrogen and oxygen atoms in total. The van der Waals surface area contributed by atoms with Crippen molar-refractivity contribution in [3.63, 3.8) is 0 Å². The van der Waals surface area contributed by atoms with Crippen molar-refractivity contribution in [1.29, 1.82) is 0 Å². The van der Waals surface area contributed by atoms with Crippen LogP contribution in [0.2, 0.25) is 0 Å². The summed E-state index contributed by atoms with van der Waals surface area (Å²) in [5.74, 6) is -0.769. The fourth-order valence-electron chi connectivity index (χ4n) is 2.11. The minimum Gasteiger partial charge on any atom is -0.317 e.